The van der Waals surface area contributed by atoms with E-state index in [1.54, 1.807) is 61.5 Å². The van der Waals surface area contributed by atoms with Crippen molar-refractivity contribution >= 4 is 93.3 Å². The van der Waals surface area contributed by atoms with Gasteiger partial charge in [-0.25, -0.2) is 10.9 Å². The van der Waals surface area contributed by atoms with Gasteiger partial charge in [0.05, 0.1) is 40.0 Å². The van der Waals surface area contributed by atoms with Crippen LogP contribution in [-0.4, -0.2) is 145 Å². The topological polar surface area (TPSA) is 256 Å². The Balaban J connectivity index is 0.000000346. The largest absolute Gasteiger partial charge is 0.460 e. The molecule has 74 heavy (non-hydrogen) atoms. The Labute approximate surface area is 448 Å². The number of nitrogens with one attached hydrogen (secondary N) is 5. The standard InChI is InChI=1S/C33H45N5O6.C18H30Cl3N3O6/c1-19-24-14-13-23-12-11-22(18-26(23)36-24)15-16-33(7,8)31(42)43-27(21(3)44-32(4,5)6)29(40)35-20(2)30(41)38-17-9-10-25(37-38)28(39)34-19;1-10(22-14(26)13(25)11(2)30-17(3,4)5)15(27)24-8-6-7-12(23-24)16(28)29-9-18(19,20)21/h11-16,18-21,25,27,37H,9-10,17H2,1-8H3,(H,34,39)(H,35,40);10-13,23,25H,6-9H2,1-5H3,(H,22,26)/b16-15+;/t19-,20+,21-,25+,27+;10-,11+,12-,13-/m10/s1. The number of aliphatic hydroxyl groups excluding tert-OH is 1. The van der Waals surface area contributed by atoms with Gasteiger partial charge in [0.1, 0.15) is 36.9 Å². The van der Waals surface area contributed by atoms with Gasteiger partial charge in [0.25, 0.3) is 23.6 Å². The predicted octanol–water partition coefficient (Wildman–Crippen LogP) is 5.05. The highest BCUT2D eigenvalue weighted by Gasteiger charge is 2.40. The fraction of sp³-hybridized carbons (Fsp3) is 0.647. The van der Waals surface area contributed by atoms with E-state index in [2.05, 4.69) is 26.8 Å². The Morgan fingerprint density at radius 2 is 1.50 bits per heavy atom. The van der Waals surface area contributed by atoms with Gasteiger partial charge in [-0.15, -0.1) is 0 Å². The lowest BCUT2D eigenvalue weighted by atomic mass is 9.92. The molecular formula is C51H75Cl3N8O12. The maximum Gasteiger partial charge on any atom is 0.325 e. The van der Waals surface area contributed by atoms with Crippen molar-refractivity contribution < 1.29 is 57.6 Å². The molecule has 412 valence electrons. The van der Waals surface area contributed by atoms with Crippen LogP contribution in [0.5, 0.6) is 0 Å². The number of esters is 2. The summed E-state index contributed by atoms with van der Waals surface area (Å²) in [5, 5.41) is 21.9. The van der Waals surface area contributed by atoms with Crippen molar-refractivity contribution in [3.8, 4) is 0 Å². The second kappa shape index (κ2) is 25.9. The zero-order chi connectivity index (χ0) is 55.7. The molecular weight excluding hydrogens is 1020 g/mol. The number of alkyl halides is 3. The molecule has 0 spiro atoms. The molecule has 1 aromatic carbocycles. The second-order valence-electron chi connectivity index (χ2n) is 21.4. The zero-order valence-electron chi connectivity index (χ0n) is 44.6. The molecule has 20 nitrogen and oxygen atoms in total. The SMILES string of the molecule is C[C@@H]1NC(=O)[C@H]([C@@H](C)OC(C)(C)C)OC(=O)C(C)(C)/C=C/c2ccc3ccc(nc3c2)[C@@H](C)NC(=O)[C@@H]2CCCN(N2)C1=O.C[C@H](NC(=O)[C@@H](O)[C@@H](C)OC(C)(C)C)C(=O)N1CCC[C@@H](C(=O)OCC(Cl)(Cl)Cl)N1. The lowest BCUT2D eigenvalue weighted by Crippen LogP contribution is -2.61. The van der Waals surface area contributed by atoms with E-state index in [0.29, 0.717) is 44.5 Å². The van der Waals surface area contributed by atoms with Crippen LogP contribution in [0.25, 0.3) is 17.0 Å². The van der Waals surface area contributed by atoms with E-state index in [-0.39, 0.29) is 11.9 Å². The Morgan fingerprint density at radius 3 is 2.14 bits per heavy atom. The van der Waals surface area contributed by atoms with Crippen molar-refractivity contribution in [2.75, 3.05) is 19.7 Å². The highest BCUT2D eigenvalue weighted by molar-refractivity contribution is 6.67. The summed E-state index contributed by atoms with van der Waals surface area (Å²) >= 11 is 16.7. The first-order valence-corrected chi connectivity index (χ1v) is 25.9. The number of nitrogens with zero attached hydrogens (tertiary/aromatic N) is 3. The molecule has 23 heteroatoms. The van der Waals surface area contributed by atoms with Gasteiger partial charge in [0, 0.05) is 18.5 Å². The molecule has 4 heterocycles. The number of rotatable bonds is 9. The zero-order valence-corrected chi connectivity index (χ0v) is 46.9. The number of hydrogen-bond donors (Lipinski definition) is 6. The number of hydrazine groups is 2. The van der Waals surface area contributed by atoms with Crippen molar-refractivity contribution in [1.82, 2.24) is 41.8 Å². The molecule has 0 radical (unpaired) electrons. The van der Waals surface area contributed by atoms with Crippen LogP contribution in [0.4, 0.5) is 0 Å². The van der Waals surface area contributed by atoms with E-state index in [4.69, 9.17) is 58.7 Å². The minimum absolute atomic E-state index is 0.251. The fourth-order valence-corrected chi connectivity index (χ4v) is 8.19. The Morgan fingerprint density at radius 1 is 0.878 bits per heavy atom. The van der Waals surface area contributed by atoms with Crippen LogP contribution in [0.15, 0.2) is 36.4 Å². The van der Waals surface area contributed by atoms with E-state index >= 15 is 0 Å². The van der Waals surface area contributed by atoms with Crippen molar-refractivity contribution in [3.63, 3.8) is 0 Å². The third-order valence-corrected chi connectivity index (χ3v) is 12.1. The molecule has 0 aliphatic carbocycles. The normalized spacial score (nSPS) is 24.4. The first-order chi connectivity index (χ1) is 34.1. The maximum absolute atomic E-state index is 13.6. The molecule has 3 aliphatic heterocycles. The molecule has 2 saturated heterocycles. The molecule has 3 aliphatic rings. The van der Waals surface area contributed by atoms with Crippen LogP contribution in [0.3, 0.4) is 0 Å². The van der Waals surface area contributed by atoms with Gasteiger partial charge in [-0.3, -0.25) is 48.6 Å². The molecule has 5 amide bonds. The summed E-state index contributed by atoms with van der Waals surface area (Å²) in [5.74, 6) is -3.81. The van der Waals surface area contributed by atoms with E-state index < -0.39 is 111 Å². The van der Waals surface area contributed by atoms with Gasteiger partial charge in [-0.1, -0.05) is 65.2 Å². The number of carbonyl (C=O) groups excluding carboxylic acids is 7. The quantitative estimate of drug-likeness (QED) is 0.142. The molecule has 5 rings (SSSR count). The molecule has 2 aromatic rings. The molecule has 1 aromatic heterocycles. The minimum Gasteiger partial charge on any atom is -0.460 e. The summed E-state index contributed by atoms with van der Waals surface area (Å²) in [5.41, 5.74) is 5.78. The van der Waals surface area contributed by atoms with Crippen molar-refractivity contribution in [2.24, 2.45) is 5.41 Å². The Bertz CT molecular complexity index is 2370. The number of benzene rings is 1. The molecule has 5 bridgehead atoms. The summed E-state index contributed by atoms with van der Waals surface area (Å²) in [4.78, 5) is 95.5. The molecule has 2 fully saturated rings. The van der Waals surface area contributed by atoms with Gasteiger partial charge in [-0.05, 0) is 133 Å². The number of cyclic esters (lactones) is 1. The average molecular weight is 1100 g/mol. The van der Waals surface area contributed by atoms with Gasteiger partial charge in [0.2, 0.25) is 15.8 Å². The molecule has 0 unspecified atom stereocenters. The third-order valence-electron chi connectivity index (χ3n) is 11.8. The number of amides is 5. The number of pyridine rings is 1. The number of halogens is 3. The van der Waals surface area contributed by atoms with E-state index in [1.807, 2.05) is 64.1 Å². The van der Waals surface area contributed by atoms with Gasteiger partial charge in [0.15, 0.2) is 6.10 Å². The highest BCUT2D eigenvalue weighted by atomic mass is 35.6. The van der Waals surface area contributed by atoms with Crippen LogP contribution in [0, 0.1) is 5.41 Å². The number of aromatic nitrogens is 1. The number of aliphatic hydroxyl groups is 1. The van der Waals surface area contributed by atoms with Gasteiger partial charge < -0.3 is 40.0 Å². The number of ether oxygens (including phenoxy) is 4. The van der Waals surface area contributed by atoms with Crippen LogP contribution in [0.1, 0.15) is 133 Å². The minimum atomic E-state index is -1.73. The van der Waals surface area contributed by atoms with Gasteiger partial charge >= 0.3 is 11.9 Å². The summed E-state index contributed by atoms with van der Waals surface area (Å²) in [6.07, 6.45) is 1.30. The summed E-state index contributed by atoms with van der Waals surface area (Å²) < 4.78 is 20.6. The van der Waals surface area contributed by atoms with Crippen molar-refractivity contribution in [2.45, 2.75) is 185 Å². The van der Waals surface area contributed by atoms with Crippen LogP contribution >= 0.6 is 34.8 Å². The lowest BCUT2D eigenvalue weighted by molar-refractivity contribution is -0.177. The van der Waals surface area contributed by atoms with Crippen molar-refractivity contribution in [1.29, 1.82) is 0 Å². The second-order valence-corrected chi connectivity index (χ2v) is 23.9. The van der Waals surface area contributed by atoms with E-state index in [9.17, 15) is 38.7 Å². The molecule has 0 saturated carbocycles. The maximum atomic E-state index is 13.6. The predicted molar refractivity (Wildman–Crippen MR) is 280 cm³/mol. The van der Waals surface area contributed by atoms with E-state index in [1.165, 1.54) is 16.9 Å². The smallest absolute Gasteiger partial charge is 0.325 e. The van der Waals surface area contributed by atoms with Crippen LogP contribution < -0.4 is 26.8 Å². The van der Waals surface area contributed by atoms with Crippen LogP contribution in [0.2, 0.25) is 0 Å². The Kier molecular flexibility index (Phi) is 21.7. The fourth-order valence-electron chi connectivity index (χ4n) is 8.03. The third kappa shape index (κ3) is 18.9. The highest BCUT2D eigenvalue weighted by Crippen LogP contribution is 2.28. The number of fused-ring (bicyclic) bond motifs is 4. The summed E-state index contributed by atoms with van der Waals surface area (Å²) in [7, 11) is 0. The monoisotopic (exact) mass is 1100 g/mol. The lowest BCUT2D eigenvalue weighted by Gasteiger charge is -2.36. The summed E-state index contributed by atoms with van der Waals surface area (Å²) in [6.45, 7) is 22.8. The van der Waals surface area contributed by atoms with Crippen LogP contribution in [-0.2, 0) is 52.5 Å². The van der Waals surface area contributed by atoms with Crippen molar-refractivity contribution in [3.05, 3.63) is 47.7 Å². The van der Waals surface area contributed by atoms with Gasteiger partial charge in [-0.2, -0.15) is 0 Å². The first-order valence-electron chi connectivity index (χ1n) is 24.8. The Hall–Kier alpha value is -4.67. The average Bonchev–Trinajstić information content (AvgIpc) is 3.31. The first kappa shape index (κ1) is 61.9. The number of carbonyl (C=O) groups is 7. The molecule has 9 atom stereocenters. The number of hydrogen-bond acceptors (Lipinski definition) is 15. The molecule has 6 N–H and O–H groups in total. The van der Waals surface area contributed by atoms with E-state index in [0.717, 1.165) is 16.5 Å². The summed E-state index contributed by atoms with van der Waals surface area (Å²) in [6, 6.07) is 5.90.